The first-order valence-electron chi connectivity index (χ1n) is 13.1. The Balaban J connectivity index is 0.000000375. The summed E-state index contributed by atoms with van der Waals surface area (Å²) in [6, 6.07) is 3.49. The number of carbonyl (C=O) groups excluding carboxylic acids is 3. The van der Waals surface area contributed by atoms with Crippen molar-refractivity contribution in [1.29, 1.82) is 5.26 Å². The van der Waals surface area contributed by atoms with Crippen molar-refractivity contribution in [3.05, 3.63) is 35.4 Å². The maximum atomic E-state index is 13.5. The first-order chi connectivity index (χ1) is 19.5. The van der Waals surface area contributed by atoms with Gasteiger partial charge in [0.05, 0.1) is 18.8 Å². The molecule has 3 amide bonds. The Morgan fingerprint density at radius 1 is 1.26 bits per heavy atom. The number of hydrogen-bond acceptors (Lipinski definition) is 6. The largest absolute Gasteiger partial charge is 0.471 e. The van der Waals surface area contributed by atoms with Crippen molar-refractivity contribution in [2.24, 2.45) is 17.3 Å². The highest BCUT2D eigenvalue weighted by Gasteiger charge is 2.41. The summed E-state index contributed by atoms with van der Waals surface area (Å²) in [5, 5.41) is 21.6. The summed E-state index contributed by atoms with van der Waals surface area (Å²) >= 11 is 0. The van der Waals surface area contributed by atoms with Crippen LogP contribution < -0.4 is 10.6 Å². The van der Waals surface area contributed by atoms with Gasteiger partial charge in [0.2, 0.25) is 12.3 Å². The summed E-state index contributed by atoms with van der Waals surface area (Å²) in [5.41, 5.74) is 0.596. The van der Waals surface area contributed by atoms with E-state index in [4.69, 9.17) is 5.26 Å². The summed E-state index contributed by atoms with van der Waals surface area (Å²) in [6.45, 7) is 14.5. The van der Waals surface area contributed by atoms with E-state index in [2.05, 4.69) is 48.1 Å². The Labute approximate surface area is 243 Å². The van der Waals surface area contributed by atoms with Crippen LogP contribution in [0.2, 0.25) is 0 Å². The number of nitrogens with one attached hydrogen (secondary N) is 2. The van der Waals surface area contributed by atoms with E-state index in [9.17, 15) is 31.9 Å². The molecule has 0 radical (unpaired) electrons. The highest BCUT2D eigenvalue weighted by Crippen LogP contribution is 2.34. The molecular formula is C29H36F4N6O3. The number of carbonyl (C=O) groups is 3. The van der Waals surface area contributed by atoms with E-state index >= 15 is 0 Å². The fraction of sp³-hybridized carbons (Fsp3) is 0.517. The third kappa shape index (κ3) is 10.6. The van der Waals surface area contributed by atoms with E-state index in [-0.39, 0.29) is 17.0 Å². The lowest BCUT2D eigenvalue weighted by Gasteiger charge is -2.22. The van der Waals surface area contributed by atoms with Crippen LogP contribution in [0.4, 0.5) is 17.6 Å². The van der Waals surface area contributed by atoms with Crippen molar-refractivity contribution in [3.8, 4) is 17.9 Å². The van der Waals surface area contributed by atoms with Crippen LogP contribution in [0.3, 0.4) is 0 Å². The lowest BCUT2D eigenvalue weighted by molar-refractivity contribution is -0.174. The maximum absolute atomic E-state index is 13.5. The Bertz CT molecular complexity index is 1360. The van der Waals surface area contributed by atoms with Gasteiger partial charge in [-0.1, -0.05) is 47.5 Å². The van der Waals surface area contributed by atoms with Crippen molar-refractivity contribution in [2.45, 2.75) is 60.7 Å². The number of benzene rings is 1. The monoisotopic (exact) mass is 592 g/mol. The molecule has 1 fully saturated rings. The molecule has 1 aliphatic rings. The Morgan fingerprint density at radius 2 is 1.88 bits per heavy atom. The van der Waals surface area contributed by atoms with Crippen LogP contribution in [0.15, 0.2) is 18.3 Å². The van der Waals surface area contributed by atoms with Gasteiger partial charge < -0.3 is 15.5 Å². The number of alkyl halides is 3. The summed E-state index contributed by atoms with van der Waals surface area (Å²) in [7, 11) is 0. The number of hydrogen-bond donors (Lipinski definition) is 2. The van der Waals surface area contributed by atoms with Gasteiger partial charge in [-0.3, -0.25) is 14.4 Å². The average molecular weight is 593 g/mol. The van der Waals surface area contributed by atoms with Crippen LogP contribution in [-0.2, 0) is 14.4 Å². The van der Waals surface area contributed by atoms with Crippen LogP contribution in [0, 0.1) is 46.2 Å². The number of fused-ring (bicyclic) bond motifs is 1. The Hall–Kier alpha value is -4.26. The van der Waals surface area contributed by atoms with Gasteiger partial charge in [-0.15, -0.1) is 5.92 Å². The van der Waals surface area contributed by atoms with Gasteiger partial charge in [0, 0.05) is 29.4 Å². The lowest BCUT2D eigenvalue weighted by Crippen LogP contribution is -2.44. The van der Waals surface area contributed by atoms with Crippen LogP contribution in [0.5, 0.6) is 0 Å². The minimum Gasteiger partial charge on any atom is -0.340 e. The van der Waals surface area contributed by atoms with Gasteiger partial charge in [0.1, 0.15) is 11.5 Å². The smallest absolute Gasteiger partial charge is 0.340 e. The van der Waals surface area contributed by atoms with Gasteiger partial charge in [0.25, 0.3) is 0 Å². The second-order valence-electron chi connectivity index (χ2n) is 10.9. The van der Waals surface area contributed by atoms with Crippen molar-refractivity contribution in [2.75, 3.05) is 19.6 Å². The minimum atomic E-state index is -4.95. The standard InChI is InChI=1S/C14H9FN4O.C11H17F3N2O2.C4H10/c1-2-3-9-4-11(15)5-10-7-18-19-14(13(9)10)12(6-16)17-8-20;1-7-5-16(6-10(7,2)3)8(17)4-15-9(18)11(12,13)14;1-4(2)3/h4-5,7-8,12H,1H3,(H,17,20);7H,4-6H2,1-3H3,(H,15,18);4H,1-3H3/t;7-;/m.0./s1. The Morgan fingerprint density at radius 3 is 2.36 bits per heavy atom. The zero-order valence-electron chi connectivity index (χ0n) is 24.7. The molecule has 42 heavy (non-hydrogen) atoms. The number of nitriles is 1. The Kier molecular flexibility index (Phi) is 13.3. The molecule has 2 heterocycles. The summed E-state index contributed by atoms with van der Waals surface area (Å²) in [5.74, 6) is 3.55. The molecule has 13 heteroatoms. The number of nitrogens with zero attached hydrogens (tertiary/aromatic N) is 4. The van der Waals surface area contributed by atoms with Gasteiger partial charge in [-0.2, -0.15) is 28.6 Å². The van der Waals surface area contributed by atoms with Gasteiger partial charge in [-0.25, -0.2) is 4.39 Å². The molecule has 228 valence electrons. The first kappa shape index (κ1) is 35.8. The second-order valence-corrected chi connectivity index (χ2v) is 10.9. The molecule has 2 atom stereocenters. The zero-order chi connectivity index (χ0) is 32.3. The quantitative estimate of drug-likeness (QED) is 0.303. The SMILES string of the molecule is CC#Cc1cc(F)cc2cnnc(C(C#N)NC=O)c12.CC(C)C.C[C@H]1CN(C(=O)CNC(=O)C(F)(F)F)CC1(C)C. The molecule has 0 saturated carbocycles. The number of likely N-dealkylation sites (tertiary alicyclic amines) is 1. The van der Waals surface area contributed by atoms with Crippen LogP contribution >= 0.6 is 0 Å². The fourth-order valence-corrected chi connectivity index (χ4v) is 3.75. The highest BCUT2D eigenvalue weighted by molar-refractivity contribution is 5.90. The fourth-order valence-electron chi connectivity index (χ4n) is 3.75. The normalized spacial score (nSPS) is 16.0. The van der Waals surface area contributed by atoms with E-state index in [1.54, 1.807) is 12.2 Å². The molecule has 1 aliphatic heterocycles. The van der Waals surface area contributed by atoms with Gasteiger partial charge >= 0.3 is 12.1 Å². The van der Waals surface area contributed by atoms with Gasteiger partial charge in [-0.05, 0) is 36.3 Å². The third-order valence-corrected chi connectivity index (χ3v) is 6.09. The zero-order valence-corrected chi connectivity index (χ0v) is 24.7. The maximum Gasteiger partial charge on any atom is 0.471 e. The second kappa shape index (κ2) is 15.7. The predicted octanol–water partition coefficient (Wildman–Crippen LogP) is 4.28. The van der Waals surface area contributed by atoms with E-state index in [1.165, 1.54) is 23.2 Å². The molecule has 1 unspecified atom stereocenters. The number of rotatable bonds is 5. The van der Waals surface area contributed by atoms with E-state index in [0.717, 1.165) is 5.92 Å². The number of halogens is 4. The number of aromatic nitrogens is 2. The van der Waals surface area contributed by atoms with Crippen molar-refractivity contribution < 1.29 is 31.9 Å². The molecule has 1 aromatic carbocycles. The molecule has 1 saturated heterocycles. The van der Waals surface area contributed by atoms with Crippen LogP contribution in [0.1, 0.15) is 65.8 Å². The molecule has 0 bridgehead atoms. The molecule has 0 spiro atoms. The minimum absolute atomic E-state index is 0.0519. The van der Waals surface area contributed by atoms with E-state index < -0.39 is 36.4 Å². The predicted molar refractivity (Wildman–Crippen MR) is 149 cm³/mol. The summed E-state index contributed by atoms with van der Waals surface area (Å²) in [4.78, 5) is 34.3. The molecular weight excluding hydrogens is 556 g/mol. The molecule has 3 rings (SSSR count). The molecule has 1 aromatic heterocycles. The van der Waals surface area contributed by atoms with Crippen molar-refractivity contribution in [1.82, 2.24) is 25.7 Å². The highest BCUT2D eigenvalue weighted by atomic mass is 19.4. The van der Waals surface area contributed by atoms with Crippen molar-refractivity contribution >= 4 is 29.0 Å². The first-order valence-corrected chi connectivity index (χ1v) is 13.1. The van der Waals surface area contributed by atoms with E-state index in [0.29, 0.717) is 35.8 Å². The van der Waals surface area contributed by atoms with Crippen molar-refractivity contribution in [3.63, 3.8) is 0 Å². The average Bonchev–Trinajstić information content (AvgIpc) is 3.16. The van der Waals surface area contributed by atoms with Crippen LogP contribution in [-0.4, -0.2) is 59.1 Å². The topological polar surface area (TPSA) is 128 Å². The molecule has 9 nitrogen and oxygen atoms in total. The van der Waals surface area contributed by atoms with Gasteiger partial charge in [0.15, 0.2) is 6.04 Å². The van der Waals surface area contributed by atoms with E-state index in [1.807, 2.05) is 26.8 Å². The lowest BCUT2D eigenvalue weighted by atomic mass is 9.84. The van der Waals surface area contributed by atoms with Crippen LogP contribution in [0.25, 0.3) is 10.8 Å². The summed E-state index contributed by atoms with van der Waals surface area (Å²) < 4.78 is 49.3. The third-order valence-electron chi connectivity index (χ3n) is 6.09. The molecule has 2 N–H and O–H groups in total. The molecule has 0 aliphatic carbocycles. The molecule has 2 aromatic rings. The summed E-state index contributed by atoms with van der Waals surface area (Å²) in [6.07, 6.45) is -3.15. The number of amides is 3.